The minimum Gasteiger partial charge on any atom is -0.309 e. The SMILES string of the molecule is c1ccc2c(c1)Cc1c-2ccc2c1-c1cc3c(cc1C2)N1c2ccncc2Cc2cccc(c21)C3. The second kappa shape index (κ2) is 6.28. The van der Waals surface area contributed by atoms with Crippen LogP contribution in [0, 0.1) is 0 Å². The van der Waals surface area contributed by atoms with E-state index in [1.165, 1.54) is 83.8 Å². The van der Waals surface area contributed by atoms with Gasteiger partial charge in [-0.25, -0.2) is 0 Å². The smallest absolute Gasteiger partial charge is 0.0532 e. The number of aromatic nitrogens is 1. The predicted octanol–water partition coefficient (Wildman–Crippen LogP) is 7.50. The fourth-order valence-corrected chi connectivity index (χ4v) is 7.13. The maximum absolute atomic E-state index is 4.44. The third kappa shape index (κ3) is 2.27. The first-order valence-corrected chi connectivity index (χ1v) is 12.6. The number of nitrogens with zero attached hydrogens (tertiary/aromatic N) is 2. The van der Waals surface area contributed by atoms with Gasteiger partial charge in [-0.3, -0.25) is 4.98 Å². The number of fused-ring (bicyclic) bond motifs is 11. The van der Waals surface area contributed by atoms with Crippen molar-refractivity contribution < 1.29 is 0 Å². The minimum absolute atomic E-state index is 0.960. The standard InChI is InChI=1S/C33H22N2/c1-2-7-26-19(4-1)15-29-27(26)9-8-20-12-23-17-31-24(16-28(23)32(20)29)13-21-5-3-6-22-14-25-18-34-11-10-30(25)35(31)33(21)22/h1-11,16-18H,12-15H2. The zero-order chi connectivity index (χ0) is 22.7. The molecule has 0 bridgehead atoms. The third-order valence-electron chi connectivity index (χ3n) is 8.58. The van der Waals surface area contributed by atoms with Gasteiger partial charge in [-0.2, -0.15) is 0 Å². The zero-order valence-corrected chi connectivity index (χ0v) is 19.3. The predicted molar refractivity (Wildman–Crippen MR) is 141 cm³/mol. The largest absolute Gasteiger partial charge is 0.309 e. The molecule has 0 unspecified atom stereocenters. The Labute approximate surface area is 204 Å². The van der Waals surface area contributed by atoms with Gasteiger partial charge in [0.05, 0.1) is 17.1 Å². The molecule has 35 heavy (non-hydrogen) atoms. The Hall–Kier alpha value is -4.17. The van der Waals surface area contributed by atoms with Crippen LogP contribution in [-0.4, -0.2) is 4.98 Å². The minimum atomic E-state index is 0.960. The highest BCUT2D eigenvalue weighted by atomic mass is 15.2. The molecule has 0 spiro atoms. The molecule has 9 rings (SSSR count). The van der Waals surface area contributed by atoms with E-state index in [-0.39, 0.29) is 0 Å². The quantitative estimate of drug-likeness (QED) is 0.240. The molecule has 5 aromatic rings. The molecule has 164 valence electrons. The summed E-state index contributed by atoms with van der Waals surface area (Å²) < 4.78 is 0. The molecular weight excluding hydrogens is 424 g/mol. The van der Waals surface area contributed by atoms with Crippen LogP contribution in [0.1, 0.15) is 44.5 Å². The molecule has 0 saturated carbocycles. The highest BCUT2D eigenvalue weighted by Crippen LogP contribution is 2.54. The molecule has 0 N–H and O–H groups in total. The maximum atomic E-state index is 4.44. The van der Waals surface area contributed by atoms with Crippen molar-refractivity contribution in [1.29, 1.82) is 0 Å². The summed E-state index contributed by atoms with van der Waals surface area (Å²) in [6, 6.07) is 27.7. The van der Waals surface area contributed by atoms with Crippen molar-refractivity contribution in [1.82, 2.24) is 4.98 Å². The van der Waals surface area contributed by atoms with Crippen molar-refractivity contribution in [3.63, 3.8) is 0 Å². The van der Waals surface area contributed by atoms with Crippen molar-refractivity contribution >= 4 is 17.1 Å². The Morgan fingerprint density at radius 1 is 0.543 bits per heavy atom. The molecule has 0 saturated heterocycles. The van der Waals surface area contributed by atoms with Crippen molar-refractivity contribution in [2.24, 2.45) is 0 Å². The van der Waals surface area contributed by atoms with E-state index in [1.807, 2.05) is 12.4 Å². The number of benzene rings is 4. The lowest BCUT2D eigenvalue weighted by molar-refractivity contribution is 0.998. The summed E-state index contributed by atoms with van der Waals surface area (Å²) in [5, 5.41) is 0. The number of pyridine rings is 1. The van der Waals surface area contributed by atoms with Gasteiger partial charge in [0.2, 0.25) is 0 Å². The van der Waals surface area contributed by atoms with Gasteiger partial charge in [-0.15, -0.1) is 0 Å². The molecule has 3 heterocycles. The first-order valence-electron chi connectivity index (χ1n) is 12.6. The van der Waals surface area contributed by atoms with Gasteiger partial charge in [0.1, 0.15) is 0 Å². The van der Waals surface area contributed by atoms with Crippen LogP contribution < -0.4 is 4.90 Å². The molecule has 0 atom stereocenters. The van der Waals surface area contributed by atoms with Crippen molar-refractivity contribution in [2.45, 2.75) is 25.7 Å². The Morgan fingerprint density at radius 3 is 2.31 bits per heavy atom. The Bertz CT molecular complexity index is 1760. The van der Waals surface area contributed by atoms with Gasteiger partial charge < -0.3 is 4.90 Å². The lowest BCUT2D eigenvalue weighted by Crippen LogP contribution is -2.25. The number of anilines is 3. The fourth-order valence-electron chi connectivity index (χ4n) is 7.13. The normalized spacial score (nSPS) is 14.9. The van der Waals surface area contributed by atoms with Crippen LogP contribution in [0.5, 0.6) is 0 Å². The van der Waals surface area contributed by atoms with E-state index in [9.17, 15) is 0 Å². The average Bonchev–Trinajstić information content (AvgIpc) is 3.45. The van der Waals surface area contributed by atoms with Gasteiger partial charge in [0, 0.05) is 25.2 Å². The van der Waals surface area contributed by atoms with Crippen LogP contribution in [0.25, 0.3) is 22.3 Å². The molecule has 4 aromatic carbocycles. The second-order valence-electron chi connectivity index (χ2n) is 10.4. The molecular formula is C33H22N2. The highest BCUT2D eigenvalue weighted by molar-refractivity contribution is 5.94. The molecule has 4 aliphatic rings. The lowest BCUT2D eigenvalue weighted by Gasteiger charge is -2.39. The first kappa shape index (κ1) is 18.2. The molecule has 0 fully saturated rings. The van der Waals surface area contributed by atoms with Crippen LogP contribution in [-0.2, 0) is 25.7 Å². The van der Waals surface area contributed by atoms with Gasteiger partial charge in [-0.05, 0) is 97.8 Å². The Balaban J connectivity index is 1.27. The molecule has 0 amide bonds. The molecule has 2 aliphatic heterocycles. The van der Waals surface area contributed by atoms with E-state index in [4.69, 9.17) is 0 Å². The van der Waals surface area contributed by atoms with Crippen LogP contribution in [0.3, 0.4) is 0 Å². The number of hydrogen-bond donors (Lipinski definition) is 0. The Morgan fingerprint density at radius 2 is 1.37 bits per heavy atom. The van der Waals surface area contributed by atoms with Crippen LogP contribution >= 0.6 is 0 Å². The van der Waals surface area contributed by atoms with E-state index < -0.39 is 0 Å². The highest BCUT2D eigenvalue weighted by Gasteiger charge is 2.34. The van der Waals surface area contributed by atoms with Gasteiger partial charge >= 0.3 is 0 Å². The van der Waals surface area contributed by atoms with E-state index in [0.717, 1.165) is 25.7 Å². The summed E-state index contributed by atoms with van der Waals surface area (Å²) in [4.78, 5) is 6.97. The van der Waals surface area contributed by atoms with Crippen molar-refractivity contribution in [2.75, 3.05) is 4.90 Å². The van der Waals surface area contributed by atoms with E-state index in [1.54, 1.807) is 0 Å². The van der Waals surface area contributed by atoms with Gasteiger partial charge in [-0.1, -0.05) is 54.6 Å². The average molecular weight is 447 g/mol. The molecule has 2 heteroatoms. The van der Waals surface area contributed by atoms with Gasteiger partial charge in [0.15, 0.2) is 0 Å². The summed E-state index contributed by atoms with van der Waals surface area (Å²) in [5.41, 5.74) is 21.3. The molecule has 0 radical (unpaired) electrons. The monoisotopic (exact) mass is 446 g/mol. The lowest BCUT2D eigenvalue weighted by atomic mass is 9.85. The van der Waals surface area contributed by atoms with Crippen LogP contribution in [0.4, 0.5) is 17.1 Å². The van der Waals surface area contributed by atoms with E-state index in [2.05, 4.69) is 82.7 Å². The second-order valence-corrected chi connectivity index (χ2v) is 10.4. The van der Waals surface area contributed by atoms with E-state index in [0.29, 0.717) is 0 Å². The Kier molecular flexibility index (Phi) is 3.27. The molecule has 1 aromatic heterocycles. The van der Waals surface area contributed by atoms with Gasteiger partial charge in [0.25, 0.3) is 0 Å². The number of para-hydroxylation sites is 1. The summed E-state index contributed by atoms with van der Waals surface area (Å²) >= 11 is 0. The first-order chi connectivity index (χ1) is 17.3. The summed E-state index contributed by atoms with van der Waals surface area (Å²) in [6.45, 7) is 0. The summed E-state index contributed by atoms with van der Waals surface area (Å²) in [5.74, 6) is 0. The molecule has 2 nitrogen and oxygen atoms in total. The number of rotatable bonds is 0. The van der Waals surface area contributed by atoms with Crippen molar-refractivity contribution in [3.05, 3.63) is 130 Å². The van der Waals surface area contributed by atoms with Crippen molar-refractivity contribution in [3.8, 4) is 22.3 Å². The van der Waals surface area contributed by atoms with Crippen LogP contribution in [0.15, 0.2) is 85.2 Å². The fraction of sp³-hybridized carbons (Fsp3) is 0.121. The number of hydrogen-bond acceptors (Lipinski definition) is 2. The topological polar surface area (TPSA) is 16.1 Å². The maximum Gasteiger partial charge on any atom is 0.0532 e. The van der Waals surface area contributed by atoms with Crippen LogP contribution in [0.2, 0.25) is 0 Å². The summed E-state index contributed by atoms with van der Waals surface area (Å²) in [7, 11) is 0. The zero-order valence-electron chi connectivity index (χ0n) is 19.3. The van der Waals surface area contributed by atoms with E-state index >= 15 is 0 Å². The third-order valence-corrected chi connectivity index (χ3v) is 8.58. The molecule has 2 aliphatic carbocycles. The summed E-state index contributed by atoms with van der Waals surface area (Å²) in [6.07, 6.45) is 8.00.